The molecule has 0 heterocycles. The highest BCUT2D eigenvalue weighted by atomic mass is 35.5. The van der Waals surface area contributed by atoms with Gasteiger partial charge in [0.25, 0.3) is 0 Å². The lowest BCUT2D eigenvalue weighted by Crippen LogP contribution is -1.98. The van der Waals surface area contributed by atoms with Crippen molar-refractivity contribution in [2.75, 3.05) is 14.2 Å². The van der Waals surface area contributed by atoms with Crippen LogP contribution in [0.5, 0.6) is 11.5 Å². The number of methoxy groups -OCH3 is 2. The van der Waals surface area contributed by atoms with Gasteiger partial charge in [0.15, 0.2) is 11.5 Å². The minimum absolute atomic E-state index is 0.493. The van der Waals surface area contributed by atoms with E-state index in [-0.39, 0.29) is 0 Å². The lowest BCUT2D eigenvalue weighted by Gasteiger charge is -2.15. The molecule has 78 valence electrons. The first-order chi connectivity index (χ1) is 6.65. The van der Waals surface area contributed by atoms with Crippen molar-refractivity contribution in [3.63, 3.8) is 0 Å². The summed E-state index contributed by atoms with van der Waals surface area (Å²) in [5.74, 6) is 2.06. The quantitative estimate of drug-likeness (QED) is 0.720. The van der Waals surface area contributed by atoms with Crippen LogP contribution in [0.4, 0.5) is 0 Å². The summed E-state index contributed by atoms with van der Waals surface area (Å²) >= 11 is 5.83. The summed E-state index contributed by atoms with van der Waals surface area (Å²) in [4.78, 5) is 0. The summed E-state index contributed by atoms with van der Waals surface area (Å²) in [6, 6.07) is 2.03. The lowest BCUT2D eigenvalue weighted by atomic mass is 10.0. The predicted molar refractivity (Wildman–Crippen MR) is 58.6 cm³/mol. The molecule has 3 heteroatoms. The summed E-state index contributed by atoms with van der Waals surface area (Å²) in [6.07, 6.45) is 0. The molecule has 0 aliphatic carbocycles. The smallest absolute Gasteiger partial charge is 0.164 e. The van der Waals surface area contributed by atoms with E-state index in [9.17, 15) is 0 Å². The van der Waals surface area contributed by atoms with E-state index in [1.807, 2.05) is 19.9 Å². The van der Waals surface area contributed by atoms with Crippen LogP contribution < -0.4 is 9.47 Å². The average Bonchev–Trinajstić information content (AvgIpc) is 2.20. The summed E-state index contributed by atoms with van der Waals surface area (Å²) in [7, 11) is 3.28. The van der Waals surface area contributed by atoms with Crippen molar-refractivity contribution in [1.29, 1.82) is 0 Å². The number of benzene rings is 1. The molecule has 1 aromatic carbocycles. The number of hydrogen-bond acceptors (Lipinski definition) is 2. The Bertz CT molecular complexity index is 335. The topological polar surface area (TPSA) is 18.5 Å². The maximum absolute atomic E-state index is 5.83. The zero-order valence-electron chi connectivity index (χ0n) is 8.98. The molecule has 0 fully saturated rings. The Kier molecular flexibility index (Phi) is 3.64. The molecule has 2 nitrogen and oxygen atoms in total. The van der Waals surface area contributed by atoms with Crippen LogP contribution in [-0.2, 0) is 5.88 Å². The molecule has 0 bridgehead atoms. The van der Waals surface area contributed by atoms with Gasteiger partial charge in [0.2, 0.25) is 0 Å². The van der Waals surface area contributed by atoms with Gasteiger partial charge in [-0.25, -0.2) is 0 Å². The molecular formula is C11H15ClO2. The van der Waals surface area contributed by atoms with Crippen LogP contribution in [0.3, 0.4) is 0 Å². The number of rotatable bonds is 3. The van der Waals surface area contributed by atoms with E-state index in [4.69, 9.17) is 21.1 Å². The van der Waals surface area contributed by atoms with Gasteiger partial charge >= 0.3 is 0 Å². The third kappa shape index (κ3) is 1.80. The average molecular weight is 215 g/mol. The molecule has 0 aliphatic heterocycles. The number of alkyl halides is 1. The van der Waals surface area contributed by atoms with Gasteiger partial charge in [-0.3, -0.25) is 0 Å². The monoisotopic (exact) mass is 214 g/mol. The molecule has 0 aliphatic rings. The van der Waals surface area contributed by atoms with E-state index in [0.717, 1.165) is 28.2 Å². The van der Waals surface area contributed by atoms with Crippen molar-refractivity contribution in [3.05, 3.63) is 22.8 Å². The Balaban J connectivity index is 3.40. The van der Waals surface area contributed by atoms with Gasteiger partial charge in [-0.1, -0.05) is 6.07 Å². The minimum Gasteiger partial charge on any atom is -0.493 e. The molecule has 0 unspecified atom stereocenters. The largest absolute Gasteiger partial charge is 0.493 e. The minimum atomic E-state index is 0.493. The molecule has 0 amide bonds. The first-order valence-electron chi connectivity index (χ1n) is 4.42. The second kappa shape index (κ2) is 4.56. The molecule has 0 N–H and O–H groups in total. The van der Waals surface area contributed by atoms with E-state index >= 15 is 0 Å². The van der Waals surface area contributed by atoms with E-state index in [1.54, 1.807) is 14.2 Å². The van der Waals surface area contributed by atoms with E-state index in [2.05, 4.69) is 0 Å². The van der Waals surface area contributed by atoms with Crippen molar-refractivity contribution < 1.29 is 9.47 Å². The van der Waals surface area contributed by atoms with Gasteiger partial charge in [-0.15, -0.1) is 11.6 Å². The van der Waals surface area contributed by atoms with Gasteiger partial charge < -0.3 is 9.47 Å². The summed E-state index contributed by atoms with van der Waals surface area (Å²) in [5, 5.41) is 0. The van der Waals surface area contributed by atoms with Crippen molar-refractivity contribution >= 4 is 11.6 Å². The van der Waals surface area contributed by atoms with Gasteiger partial charge in [0.1, 0.15) is 0 Å². The van der Waals surface area contributed by atoms with Crippen molar-refractivity contribution in [3.8, 4) is 11.5 Å². The second-order valence-corrected chi connectivity index (χ2v) is 3.44. The van der Waals surface area contributed by atoms with Crippen LogP contribution in [0.2, 0.25) is 0 Å². The fraction of sp³-hybridized carbons (Fsp3) is 0.455. The number of aryl methyl sites for hydroxylation is 1. The summed E-state index contributed by atoms with van der Waals surface area (Å²) in [5.41, 5.74) is 3.18. The Morgan fingerprint density at radius 3 is 2.14 bits per heavy atom. The van der Waals surface area contributed by atoms with Crippen LogP contribution in [0.15, 0.2) is 6.07 Å². The van der Waals surface area contributed by atoms with Gasteiger partial charge in [0.05, 0.1) is 14.2 Å². The maximum Gasteiger partial charge on any atom is 0.164 e. The van der Waals surface area contributed by atoms with Gasteiger partial charge in [-0.2, -0.15) is 0 Å². The molecule has 1 rings (SSSR count). The zero-order chi connectivity index (χ0) is 10.7. The second-order valence-electron chi connectivity index (χ2n) is 3.18. The van der Waals surface area contributed by atoms with Crippen molar-refractivity contribution in [1.82, 2.24) is 0 Å². The van der Waals surface area contributed by atoms with Crippen LogP contribution in [-0.4, -0.2) is 14.2 Å². The molecule has 1 aromatic rings. The molecule has 14 heavy (non-hydrogen) atoms. The van der Waals surface area contributed by atoms with E-state index < -0.39 is 0 Å². The SMILES string of the molecule is COc1c(C)cc(CCl)c(C)c1OC. The molecule has 0 saturated carbocycles. The molecule has 0 radical (unpaired) electrons. The number of ether oxygens (including phenoxy) is 2. The van der Waals surface area contributed by atoms with Crippen molar-refractivity contribution in [2.24, 2.45) is 0 Å². The van der Waals surface area contributed by atoms with E-state index in [1.165, 1.54) is 0 Å². The Hall–Kier alpha value is -0.890. The van der Waals surface area contributed by atoms with E-state index in [0.29, 0.717) is 5.88 Å². The lowest BCUT2D eigenvalue weighted by molar-refractivity contribution is 0.350. The molecule has 0 saturated heterocycles. The third-order valence-electron chi connectivity index (χ3n) is 2.33. The summed E-state index contributed by atoms with van der Waals surface area (Å²) in [6.45, 7) is 3.97. The Morgan fingerprint density at radius 2 is 1.71 bits per heavy atom. The molecule has 0 aromatic heterocycles. The first-order valence-corrected chi connectivity index (χ1v) is 4.96. The number of halogens is 1. The summed E-state index contributed by atoms with van der Waals surface area (Å²) < 4.78 is 10.6. The van der Waals surface area contributed by atoms with Crippen LogP contribution in [0.1, 0.15) is 16.7 Å². The highest BCUT2D eigenvalue weighted by Gasteiger charge is 2.13. The Labute approximate surface area is 89.8 Å². The highest BCUT2D eigenvalue weighted by molar-refractivity contribution is 6.17. The fourth-order valence-electron chi connectivity index (χ4n) is 1.57. The van der Waals surface area contributed by atoms with Crippen LogP contribution >= 0.6 is 11.6 Å². The first kappa shape index (κ1) is 11.2. The van der Waals surface area contributed by atoms with Crippen LogP contribution in [0, 0.1) is 13.8 Å². The highest BCUT2D eigenvalue weighted by Crippen LogP contribution is 2.36. The van der Waals surface area contributed by atoms with Gasteiger partial charge in [-0.05, 0) is 30.5 Å². The Morgan fingerprint density at radius 1 is 1.14 bits per heavy atom. The van der Waals surface area contributed by atoms with Gasteiger partial charge in [0, 0.05) is 5.88 Å². The molecule has 0 atom stereocenters. The molecular weight excluding hydrogens is 200 g/mol. The van der Waals surface area contributed by atoms with Crippen molar-refractivity contribution in [2.45, 2.75) is 19.7 Å². The predicted octanol–water partition coefficient (Wildman–Crippen LogP) is 3.06. The maximum atomic E-state index is 5.83. The number of hydrogen-bond donors (Lipinski definition) is 0. The third-order valence-corrected chi connectivity index (χ3v) is 2.62. The zero-order valence-corrected chi connectivity index (χ0v) is 9.73. The fourth-order valence-corrected chi connectivity index (χ4v) is 1.85. The standard InChI is InChI=1S/C11H15ClO2/c1-7-5-9(6-12)8(2)11(14-4)10(7)13-3/h5H,6H2,1-4H3. The van der Waals surface area contributed by atoms with Crippen LogP contribution in [0.25, 0.3) is 0 Å². The normalized spacial score (nSPS) is 10.1. The molecule has 0 spiro atoms.